The van der Waals surface area contributed by atoms with Crippen LogP contribution in [0.4, 0.5) is 0 Å². The molecule has 0 heterocycles. The Hall–Kier alpha value is -0.0800. The van der Waals surface area contributed by atoms with Gasteiger partial charge in [0.25, 0.3) is 0 Å². The third-order valence-corrected chi connectivity index (χ3v) is 3.24. The number of hydrogen-bond acceptors (Lipinski definition) is 2. The van der Waals surface area contributed by atoms with Crippen molar-refractivity contribution in [3.63, 3.8) is 0 Å². The molecule has 0 aromatic heterocycles. The third kappa shape index (κ3) is 16.0. The molecule has 0 fully saturated rings. The van der Waals surface area contributed by atoms with Crippen LogP contribution >= 0.6 is 0 Å². The molecule has 0 saturated heterocycles. The Labute approximate surface area is 129 Å². The first kappa shape index (κ1) is 22.2. The molecular formula is C18H42N2. The number of rotatable bonds is 12. The van der Waals surface area contributed by atoms with Gasteiger partial charge in [0.05, 0.1) is 0 Å². The van der Waals surface area contributed by atoms with Crippen LogP contribution in [0.15, 0.2) is 0 Å². The molecule has 0 bridgehead atoms. The molecule has 2 heteroatoms. The van der Waals surface area contributed by atoms with Crippen LogP contribution in [0.5, 0.6) is 0 Å². The molecule has 0 N–H and O–H groups in total. The quantitative estimate of drug-likeness (QED) is 0.496. The van der Waals surface area contributed by atoms with E-state index in [1.54, 1.807) is 0 Å². The summed E-state index contributed by atoms with van der Waals surface area (Å²) in [6.45, 7) is 21.2. The second-order valence-electron chi connectivity index (χ2n) is 5.68. The fourth-order valence-electron chi connectivity index (χ4n) is 2.57. The van der Waals surface area contributed by atoms with E-state index >= 15 is 0 Å². The molecule has 0 unspecified atom stereocenters. The van der Waals surface area contributed by atoms with Gasteiger partial charge in [-0.25, -0.2) is 0 Å². The van der Waals surface area contributed by atoms with Crippen LogP contribution in [0, 0.1) is 0 Å². The van der Waals surface area contributed by atoms with Gasteiger partial charge in [-0.3, -0.25) is 0 Å². The maximum atomic E-state index is 2.54. The highest BCUT2D eigenvalue weighted by molar-refractivity contribution is 4.54. The van der Waals surface area contributed by atoms with Crippen molar-refractivity contribution in [2.24, 2.45) is 0 Å². The zero-order chi connectivity index (χ0) is 15.6. The van der Waals surface area contributed by atoms with Gasteiger partial charge in [0.2, 0.25) is 0 Å². The van der Waals surface area contributed by atoms with Crippen LogP contribution in [0.2, 0.25) is 0 Å². The van der Waals surface area contributed by atoms with Crippen LogP contribution in [0.1, 0.15) is 80.1 Å². The first-order valence-corrected chi connectivity index (χ1v) is 9.14. The topological polar surface area (TPSA) is 6.48 Å². The summed E-state index contributed by atoms with van der Waals surface area (Å²) >= 11 is 0. The molecule has 0 aromatic rings. The number of nitrogens with zero attached hydrogens (tertiary/aromatic N) is 2. The first-order valence-electron chi connectivity index (χ1n) is 9.14. The maximum Gasteiger partial charge on any atom is -0.00214 e. The van der Waals surface area contributed by atoms with Crippen LogP contribution in [0.25, 0.3) is 0 Å². The summed E-state index contributed by atoms with van der Waals surface area (Å²) in [7, 11) is 0. The van der Waals surface area contributed by atoms with Crippen molar-refractivity contribution in [3.05, 3.63) is 0 Å². The lowest BCUT2D eigenvalue weighted by Gasteiger charge is -2.19. The molecule has 0 rings (SSSR count). The van der Waals surface area contributed by atoms with Crippen molar-refractivity contribution in [2.75, 3.05) is 39.3 Å². The predicted molar refractivity (Wildman–Crippen MR) is 94.6 cm³/mol. The number of hydrogen-bond donors (Lipinski definition) is 0. The van der Waals surface area contributed by atoms with E-state index in [2.05, 4.69) is 51.3 Å². The summed E-state index contributed by atoms with van der Waals surface area (Å²) in [5.41, 5.74) is 0. The van der Waals surface area contributed by atoms with Gasteiger partial charge in [0.15, 0.2) is 0 Å². The van der Waals surface area contributed by atoms with Gasteiger partial charge in [0.1, 0.15) is 0 Å². The normalized spacial score (nSPS) is 10.8. The Morgan fingerprint density at radius 1 is 0.350 bits per heavy atom. The van der Waals surface area contributed by atoms with E-state index in [0.717, 1.165) is 0 Å². The summed E-state index contributed by atoms with van der Waals surface area (Å²) in [4.78, 5) is 5.08. The Balaban J connectivity index is 0. The van der Waals surface area contributed by atoms with Gasteiger partial charge < -0.3 is 9.80 Å². The van der Waals surface area contributed by atoms with Crippen LogP contribution in [0.3, 0.4) is 0 Å². The lowest BCUT2D eigenvalue weighted by atomic mass is 10.3. The first-order chi connectivity index (χ1) is 9.69. The van der Waals surface area contributed by atoms with E-state index in [4.69, 9.17) is 0 Å². The zero-order valence-corrected chi connectivity index (χ0v) is 15.4. The van der Waals surface area contributed by atoms with Crippen molar-refractivity contribution in [1.82, 2.24) is 9.80 Å². The van der Waals surface area contributed by atoms with Crippen molar-refractivity contribution < 1.29 is 0 Å². The van der Waals surface area contributed by atoms with Gasteiger partial charge in [0, 0.05) is 0 Å². The fraction of sp³-hybridized carbons (Fsp3) is 1.00. The van der Waals surface area contributed by atoms with Gasteiger partial charge in [-0.05, 0) is 77.8 Å². The Bertz CT molecular complexity index is 113. The summed E-state index contributed by atoms with van der Waals surface area (Å²) < 4.78 is 0. The Morgan fingerprint density at radius 2 is 0.500 bits per heavy atom. The third-order valence-electron chi connectivity index (χ3n) is 3.24. The molecule has 0 amide bonds. The lowest BCUT2D eigenvalue weighted by molar-refractivity contribution is 0.275. The fourth-order valence-corrected chi connectivity index (χ4v) is 2.57. The van der Waals surface area contributed by atoms with Crippen molar-refractivity contribution in [1.29, 1.82) is 0 Å². The smallest absolute Gasteiger partial charge is 0.00214 e. The molecule has 0 aliphatic carbocycles. The Morgan fingerprint density at radius 3 is 0.600 bits per heavy atom. The van der Waals surface area contributed by atoms with Crippen LogP contribution < -0.4 is 0 Å². The highest BCUT2D eigenvalue weighted by Gasteiger charge is 1.99. The second kappa shape index (κ2) is 18.9. The standard InChI is InChI=1S/2C9H21N/c2*1-4-7-10(8-5-2)9-6-3/h2*4-9H2,1-3H3. The molecule has 124 valence electrons. The van der Waals surface area contributed by atoms with Crippen molar-refractivity contribution in [3.8, 4) is 0 Å². The van der Waals surface area contributed by atoms with Gasteiger partial charge in [-0.1, -0.05) is 41.5 Å². The van der Waals surface area contributed by atoms with Crippen molar-refractivity contribution >= 4 is 0 Å². The van der Waals surface area contributed by atoms with Crippen LogP contribution in [-0.4, -0.2) is 49.1 Å². The molecule has 2 nitrogen and oxygen atoms in total. The van der Waals surface area contributed by atoms with E-state index in [1.165, 1.54) is 77.8 Å². The van der Waals surface area contributed by atoms with E-state index < -0.39 is 0 Å². The average Bonchev–Trinajstić information content (AvgIpc) is 2.41. The molecule has 0 aromatic carbocycles. The average molecular weight is 287 g/mol. The predicted octanol–water partition coefficient (Wildman–Crippen LogP) is 5.04. The zero-order valence-electron chi connectivity index (χ0n) is 15.4. The molecule has 0 aliphatic heterocycles. The minimum atomic E-state index is 1.28. The highest BCUT2D eigenvalue weighted by atomic mass is 15.1. The van der Waals surface area contributed by atoms with E-state index in [-0.39, 0.29) is 0 Å². The van der Waals surface area contributed by atoms with Gasteiger partial charge >= 0.3 is 0 Å². The summed E-state index contributed by atoms with van der Waals surface area (Å²) in [5.74, 6) is 0. The summed E-state index contributed by atoms with van der Waals surface area (Å²) in [5, 5.41) is 0. The highest BCUT2D eigenvalue weighted by Crippen LogP contribution is 1.95. The van der Waals surface area contributed by atoms with Gasteiger partial charge in [-0.2, -0.15) is 0 Å². The minimum absolute atomic E-state index is 1.28. The molecule has 0 spiro atoms. The summed E-state index contributed by atoms with van der Waals surface area (Å²) in [6.07, 6.45) is 7.75. The molecule has 0 atom stereocenters. The van der Waals surface area contributed by atoms with Gasteiger partial charge in [-0.15, -0.1) is 0 Å². The summed E-state index contributed by atoms with van der Waals surface area (Å²) in [6, 6.07) is 0. The minimum Gasteiger partial charge on any atom is -0.303 e. The SMILES string of the molecule is CCCN(CCC)CCC.CCCN(CCC)CCC. The lowest BCUT2D eigenvalue weighted by Crippen LogP contribution is -2.26. The monoisotopic (exact) mass is 286 g/mol. The Kier molecular flexibility index (Phi) is 21.0. The largest absolute Gasteiger partial charge is 0.303 e. The van der Waals surface area contributed by atoms with E-state index in [1.807, 2.05) is 0 Å². The molecule has 20 heavy (non-hydrogen) atoms. The second-order valence-corrected chi connectivity index (χ2v) is 5.68. The van der Waals surface area contributed by atoms with E-state index in [0.29, 0.717) is 0 Å². The van der Waals surface area contributed by atoms with E-state index in [9.17, 15) is 0 Å². The molecular weight excluding hydrogens is 244 g/mol. The molecule has 0 saturated carbocycles. The molecule has 0 radical (unpaired) electrons. The maximum absolute atomic E-state index is 2.54. The molecule has 0 aliphatic rings. The van der Waals surface area contributed by atoms with Crippen molar-refractivity contribution in [2.45, 2.75) is 80.1 Å². The van der Waals surface area contributed by atoms with Crippen LogP contribution in [-0.2, 0) is 0 Å².